The van der Waals surface area contributed by atoms with Gasteiger partial charge in [-0.05, 0) is 17.2 Å². The van der Waals surface area contributed by atoms with Crippen LogP contribution in [-0.2, 0) is 11.3 Å². The summed E-state index contributed by atoms with van der Waals surface area (Å²) < 4.78 is 5.32. The van der Waals surface area contributed by atoms with Crippen LogP contribution in [0, 0.1) is 5.92 Å². The molecule has 1 atom stereocenters. The molecule has 0 N–H and O–H groups in total. The van der Waals surface area contributed by atoms with Crippen molar-refractivity contribution >= 4 is 11.8 Å². The van der Waals surface area contributed by atoms with E-state index in [0.717, 1.165) is 17.7 Å². The van der Waals surface area contributed by atoms with Gasteiger partial charge in [-0.25, -0.2) is 4.79 Å². The lowest BCUT2D eigenvalue weighted by Gasteiger charge is -2.16. The number of benzene rings is 1. The Hall–Kier alpha value is -2.24. The molecule has 0 bridgehead atoms. The summed E-state index contributed by atoms with van der Waals surface area (Å²) in [7, 11) is 0. The first-order valence-electron chi connectivity index (χ1n) is 6.72. The lowest BCUT2D eigenvalue weighted by molar-refractivity contribution is 0.104. The molecule has 6 heteroatoms. The minimum absolute atomic E-state index is 0.260. The van der Waals surface area contributed by atoms with Gasteiger partial charge >= 0.3 is 6.09 Å². The number of nitrogens with zero attached hydrogens (tertiary/aromatic N) is 4. The van der Waals surface area contributed by atoms with Crippen LogP contribution in [0.3, 0.4) is 0 Å². The largest absolute Gasteiger partial charge is 0.445 e. The highest BCUT2D eigenvalue weighted by Crippen LogP contribution is 2.21. The molecule has 104 valence electrons. The number of amides is 1. The van der Waals surface area contributed by atoms with Crippen LogP contribution in [-0.4, -0.2) is 36.3 Å². The predicted octanol–water partition coefficient (Wildman–Crippen LogP) is 2.47. The lowest BCUT2D eigenvalue weighted by Crippen LogP contribution is -2.30. The average Bonchev–Trinajstić information content (AvgIpc) is 3.16. The molecule has 1 aromatic rings. The molecule has 6 nitrogen and oxygen atoms in total. The third-order valence-electron chi connectivity index (χ3n) is 3.59. The van der Waals surface area contributed by atoms with Gasteiger partial charge in [-0.1, -0.05) is 30.3 Å². The summed E-state index contributed by atoms with van der Waals surface area (Å²) in [6.45, 7) is 2.23. The van der Waals surface area contributed by atoms with Crippen LogP contribution in [0.25, 0.3) is 0 Å². The highest BCUT2D eigenvalue weighted by Gasteiger charge is 2.31. The van der Waals surface area contributed by atoms with Crippen LogP contribution in [0.2, 0.25) is 0 Å². The first-order chi connectivity index (χ1) is 9.83. The Kier molecular flexibility index (Phi) is 3.71. The molecule has 1 saturated heterocycles. The summed E-state index contributed by atoms with van der Waals surface area (Å²) in [5, 5.41) is 11.5. The second-order valence-corrected chi connectivity index (χ2v) is 4.95. The molecule has 2 aliphatic heterocycles. The minimum Gasteiger partial charge on any atom is -0.445 e. The fourth-order valence-corrected chi connectivity index (χ4v) is 2.44. The molecule has 0 aliphatic carbocycles. The SMILES string of the molecule is O=C(OCc1ccccc1)N1CCC(C2=NN=NC2)C1. The van der Waals surface area contributed by atoms with Gasteiger partial charge in [0.15, 0.2) is 0 Å². The second-order valence-electron chi connectivity index (χ2n) is 4.95. The zero-order valence-corrected chi connectivity index (χ0v) is 11.1. The molecule has 1 unspecified atom stereocenters. The van der Waals surface area contributed by atoms with Crippen LogP contribution < -0.4 is 0 Å². The molecule has 3 rings (SSSR count). The quantitative estimate of drug-likeness (QED) is 0.848. The van der Waals surface area contributed by atoms with Crippen molar-refractivity contribution in [1.82, 2.24) is 4.90 Å². The first kappa shape index (κ1) is 12.8. The van der Waals surface area contributed by atoms with Crippen LogP contribution in [0.4, 0.5) is 4.79 Å². The van der Waals surface area contributed by atoms with Gasteiger partial charge in [0.05, 0.1) is 5.71 Å². The molecule has 1 aromatic carbocycles. The van der Waals surface area contributed by atoms with E-state index in [1.165, 1.54) is 0 Å². The highest BCUT2D eigenvalue weighted by atomic mass is 16.6. The van der Waals surface area contributed by atoms with Crippen LogP contribution in [0.5, 0.6) is 0 Å². The van der Waals surface area contributed by atoms with Crippen molar-refractivity contribution in [3.8, 4) is 0 Å². The Balaban J connectivity index is 1.49. The Bertz CT molecular complexity index is 541. The summed E-state index contributed by atoms with van der Waals surface area (Å²) in [5.74, 6) is 0.272. The van der Waals surface area contributed by atoms with Crippen LogP contribution in [0.15, 0.2) is 45.8 Å². The number of rotatable bonds is 3. The highest BCUT2D eigenvalue weighted by molar-refractivity contribution is 5.90. The Labute approximate surface area is 117 Å². The van der Waals surface area contributed by atoms with E-state index < -0.39 is 0 Å². The first-order valence-corrected chi connectivity index (χ1v) is 6.72. The van der Waals surface area contributed by atoms with E-state index in [0.29, 0.717) is 26.2 Å². The second kappa shape index (κ2) is 5.81. The van der Waals surface area contributed by atoms with Gasteiger partial charge in [0.2, 0.25) is 0 Å². The number of hydrogen-bond acceptors (Lipinski definition) is 5. The molecular weight excluding hydrogens is 256 g/mol. The standard InChI is InChI=1S/C14H16N4O2/c19-14(20-10-11-4-2-1-3-5-11)18-7-6-12(9-18)13-8-15-17-16-13/h1-5,12H,6-10H2. The van der Waals surface area contributed by atoms with Crippen molar-refractivity contribution in [2.75, 3.05) is 19.6 Å². The monoisotopic (exact) mass is 272 g/mol. The van der Waals surface area contributed by atoms with Gasteiger partial charge in [-0.15, -0.1) is 5.10 Å². The Morgan fingerprint density at radius 3 is 2.95 bits per heavy atom. The third kappa shape index (κ3) is 2.84. The maximum Gasteiger partial charge on any atom is 0.410 e. The third-order valence-corrected chi connectivity index (χ3v) is 3.59. The minimum atomic E-state index is -0.260. The lowest BCUT2D eigenvalue weighted by atomic mass is 10.0. The maximum atomic E-state index is 12.0. The van der Waals surface area contributed by atoms with Gasteiger partial charge in [-0.2, -0.15) is 5.11 Å². The zero-order valence-electron chi connectivity index (χ0n) is 11.1. The van der Waals surface area contributed by atoms with Crippen molar-refractivity contribution in [1.29, 1.82) is 0 Å². The fraction of sp³-hybridized carbons (Fsp3) is 0.429. The van der Waals surface area contributed by atoms with Crippen molar-refractivity contribution in [3.63, 3.8) is 0 Å². The number of likely N-dealkylation sites (tertiary alicyclic amines) is 1. The molecule has 20 heavy (non-hydrogen) atoms. The summed E-state index contributed by atoms with van der Waals surface area (Å²) in [6.07, 6.45) is 0.647. The van der Waals surface area contributed by atoms with Gasteiger partial charge in [-0.3, -0.25) is 0 Å². The molecule has 1 fully saturated rings. The molecular formula is C14H16N4O2. The van der Waals surface area contributed by atoms with Gasteiger partial charge in [0.25, 0.3) is 0 Å². The molecule has 1 amide bonds. The molecule has 0 spiro atoms. The van der Waals surface area contributed by atoms with Gasteiger partial charge in [0.1, 0.15) is 13.2 Å². The van der Waals surface area contributed by atoms with E-state index in [-0.39, 0.29) is 12.0 Å². The topological polar surface area (TPSA) is 66.6 Å². The van der Waals surface area contributed by atoms with E-state index in [1.54, 1.807) is 4.90 Å². The summed E-state index contributed by atoms with van der Waals surface area (Å²) >= 11 is 0. The Morgan fingerprint density at radius 1 is 1.35 bits per heavy atom. The average molecular weight is 272 g/mol. The number of carbonyl (C=O) groups excluding carboxylic acids is 1. The number of carbonyl (C=O) groups is 1. The molecule has 0 radical (unpaired) electrons. The summed E-state index contributed by atoms with van der Waals surface area (Å²) in [5.41, 5.74) is 1.97. The summed E-state index contributed by atoms with van der Waals surface area (Å²) in [4.78, 5) is 13.7. The van der Waals surface area contributed by atoms with Gasteiger partial charge < -0.3 is 9.64 Å². The number of hydrogen-bond donors (Lipinski definition) is 0. The zero-order chi connectivity index (χ0) is 13.8. The van der Waals surface area contributed by atoms with Crippen molar-refractivity contribution in [2.24, 2.45) is 21.4 Å². The van der Waals surface area contributed by atoms with Gasteiger partial charge in [0, 0.05) is 19.0 Å². The Morgan fingerprint density at radius 2 is 2.20 bits per heavy atom. The number of ether oxygens (including phenoxy) is 1. The summed E-state index contributed by atoms with van der Waals surface area (Å²) in [6, 6.07) is 9.68. The van der Waals surface area contributed by atoms with Crippen molar-refractivity contribution < 1.29 is 9.53 Å². The normalized spacial score (nSPS) is 21.1. The van der Waals surface area contributed by atoms with Crippen LogP contribution in [0.1, 0.15) is 12.0 Å². The molecule has 2 heterocycles. The van der Waals surface area contributed by atoms with Crippen LogP contribution >= 0.6 is 0 Å². The fourth-order valence-electron chi connectivity index (χ4n) is 2.44. The smallest absolute Gasteiger partial charge is 0.410 e. The predicted molar refractivity (Wildman–Crippen MR) is 73.5 cm³/mol. The van der Waals surface area contributed by atoms with Crippen molar-refractivity contribution in [3.05, 3.63) is 35.9 Å². The van der Waals surface area contributed by atoms with E-state index in [2.05, 4.69) is 15.4 Å². The van der Waals surface area contributed by atoms with E-state index in [1.807, 2.05) is 30.3 Å². The van der Waals surface area contributed by atoms with E-state index in [4.69, 9.17) is 4.74 Å². The van der Waals surface area contributed by atoms with E-state index >= 15 is 0 Å². The molecule has 2 aliphatic rings. The van der Waals surface area contributed by atoms with E-state index in [9.17, 15) is 4.79 Å². The van der Waals surface area contributed by atoms with Crippen molar-refractivity contribution in [2.45, 2.75) is 13.0 Å². The maximum absolute atomic E-state index is 12.0. The molecule has 0 saturated carbocycles. The molecule has 0 aromatic heterocycles.